The van der Waals surface area contributed by atoms with Gasteiger partial charge in [0.25, 0.3) is 0 Å². The van der Waals surface area contributed by atoms with Gasteiger partial charge in [-0.15, -0.1) is 0 Å². The summed E-state index contributed by atoms with van der Waals surface area (Å²) >= 11 is 0. The van der Waals surface area contributed by atoms with Crippen molar-refractivity contribution in [3.63, 3.8) is 0 Å². The number of carbonyl (C=O) groups excluding carboxylic acids is 1. The first-order valence-corrected chi connectivity index (χ1v) is 5.90. The van der Waals surface area contributed by atoms with Gasteiger partial charge < -0.3 is 15.7 Å². The van der Waals surface area contributed by atoms with Gasteiger partial charge >= 0.3 is 0 Å². The standard InChI is InChI=1S/C13H20N2O2/c1-3-12(15-9-8-14-10(2)16)11-6-4-5-7-13(11)17/h4-7,12,15,17H,3,8-9H2,1-2H3,(H,14,16). The number of phenols is 1. The third kappa shape index (κ3) is 4.44. The molecule has 17 heavy (non-hydrogen) atoms. The molecule has 4 nitrogen and oxygen atoms in total. The molecule has 4 heteroatoms. The SMILES string of the molecule is CCC(NCCNC(C)=O)c1ccccc1O. The molecule has 0 aromatic heterocycles. The molecule has 94 valence electrons. The summed E-state index contributed by atoms with van der Waals surface area (Å²) in [6.45, 7) is 4.84. The van der Waals surface area contributed by atoms with E-state index in [1.165, 1.54) is 6.92 Å². The average molecular weight is 236 g/mol. The molecule has 3 N–H and O–H groups in total. The van der Waals surface area contributed by atoms with Crippen molar-refractivity contribution >= 4 is 5.91 Å². The Balaban J connectivity index is 2.49. The number of hydrogen-bond donors (Lipinski definition) is 3. The lowest BCUT2D eigenvalue weighted by atomic mass is 10.0. The van der Waals surface area contributed by atoms with E-state index in [-0.39, 0.29) is 11.9 Å². The second-order valence-corrected chi connectivity index (χ2v) is 3.96. The molecule has 0 bridgehead atoms. The average Bonchev–Trinajstić information content (AvgIpc) is 2.30. The summed E-state index contributed by atoms with van der Waals surface area (Å²) < 4.78 is 0. The first-order valence-electron chi connectivity index (χ1n) is 5.90. The van der Waals surface area contributed by atoms with E-state index in [9.17, 15) is 9.90 Å². The van der Waals surface area contributed by atoms with Gasteiger partial charge in [0.15, 0.2) is 0 Å². The van der Waals surface area contributed by atoms with Crippen molar-refractivity contribution in [3.05, 3.63) is 29.8 Å². The summed E-state index contributed by atoms with van der Waals surface area (Å²) in [5, 5.41) is 15.8. The number of nitrogens with one attached hydrogen (secondary N) is 2. The van der Waals surface area contributed by atoms with Gasteiger partial charge in [0.1, 0.15) is 5.75 Å². The molecule has 0 aliphatic rings. The Morgan fingerprint density at radius 3 is 2.65 bits per heavy atom. The van der Waals surface area contributed by atoms with Gasteiger partial charge in [-0.1, -0.05) is 25.1 Å². The van der Waals surface area contributed by atoms with Crippen LogP contribution in [0.15, 0.2) is 24.3 Å². The molecule has 0 spiro atoms. The minimum Gasteiger partial charge on any atom is -0.508 e. The number of para-hydroxylation sites is 1. The monoisotopic (exact) mass is 236 g/mol. The van der Waals surface area contributed by atoms with Crippen molar-refractivity contribution in [1.29, 1.82) is 0 Å². The molecule has 0 saturated carbocycles. The van der Waals surface area contributed by atoms with Crippen LogP contribution in [-0.4, -0.2) is 24.1 Å². The molecule has 1 amide bonds. The predicted molar refractivity (Wildman–Crippen MR) is 67.8 cm³/mol. The van der Waals surface area contributed by atoms with Crippen LogP contribution in [0.1, 0.15) is 31.9 Å². The number of phenolic OH excluding ortho intramolecular Hbond substituents is 1. The minimum atomic E-state index is -0.0255. The second kappa shape index (κ2) is 6.91. The van der Waals surface area contributed by atoms with Crippen LogP contribution in [-0.2, 0) is 4.79 Å². The molecule has 1 atom stereocenters. The smallest absolute Gasteiger partial charge is 0.216 e. The van der Waals surface area contributed by atoms with E-state index in [0.717, 1.165) is 12.0 Å². The lowest BCUT2D eigenvalue weighted by molar-refractivity contribution is -0.118. The quantitative estimate of drug-likeness (QED) is 0.657. The van der Waals surface area contributed by atoms with Crippen LogP contribution in [0.4, 0.5) is 0 Å². The predicted octanol–water partition coefficient (Wildman–Crippen LogP) is 1.57. The van der Waals surface area contributed by atoms with Gasteiger partial charge in [-0.25, -0.2) is 0 Å². The van der Waals surface area contributed by atoms with Crippen LogP contribution >= 0.6 is 0 Å². The fourth-order valence-corrected chi connectivity index (χ4v) is 1.74. The van der Waals surface area contributed by atoms with Crippen LogP contribution in [0.5, 0.6) is 5.75 Å². The fraction of sp³-hybridized carbons (Fsp3) is 0.462. The highest BCUT2D eigenvalue weighted by Crippen LogP contribution is 2.25. The number of carbonyl (C=O) groups is 1. The van der Waals surface area contributed by atoms with Crippen molar-refractivity contribution < 1.29 is 9.90 Å². The highest BCUT2D eigenvalue weighted by atomic mass is 16.3. The normalized spacial score (nSPS) is 12.1. The summed E-state index contributed by atoms with van der Waals surface area (Å²) in [5.41, 5.74) is 0.901. The molecule has 0 fully saturated rings. The molecule has 0 aliphatic carbocycles. The highest BCUT2D eigenvalue weighted by molar-refractivity contribution is 5.72. The Morgan fingerprint density at radius 2 is 2.06 bits per heavy atom. The second-order valence-electron chi connectivity index (χ2n) is 3.96. The summed E-state index contributed by atoms with van der Waals surface area (Å²) in [6, 6.07) is 7.43. The molecule has 0 radical (unpaired) electrons. The van der Waals surface area contributed by atoms with Crippen molar-refractivity contribution in [2.45, 2.75) is 26.3 Å². The van der Waals surface area contributed by atoms with Gasteiger partial charge in [0.2, 0.25) is 5.91 Å². The van der Waals surface area contributed by atoms with Gasteiger partial charge in [0, 0.05) is 31.6 Å². The summed E-state index contributed by atoms with van der Waals surface area (Å²) in [5.74, 6) is 0.286. The third-order valence-electron chi connectivity index (χ3n) is 2.61. The van der Waals surface area contributed by atoms with Gasteiger partial charge in [-0.2, -0.15) is 0 Å². The number of aromatic hydroxyl groups is 1. The molecular formula is C13H20N2O2. The van der Waals surface area contributed by atoms with Gasteiger partial charge in [0.05, 0.1) is 0 Å². The largest absolute Gasteiger partial charge is 0.508 e. The maximum absolute atomic E-state index is 10.7. The first-order chi connectivity index (χ1) is 8.15. The lowest BCUT2D eigenvalue weighted by Crippen LogP contribution is -2.32. The molecular weight excluding hydrogens is 216 g/mol. The number of benzene rings is 1. The summed E-state index contributed by atoms with van der Waals surface area (Å²) in [6.07, 6.45) is 0.887. The molecule has 0 aliphatic heterocycles. The van der Waals surface area contributed by atoms with Crippen LogP contribution in [0.3, 0.4) is 0 Å². The van der Waals surface area contributed by atoms with E-state index >= 15 is 0 Å². The van der Waals surface area contributed by atoms with Gasteiger partial charge in [-0.05, 0) is 12.5 Å². The fourth-order valence-electron chi connectivity index (χ4n) is 1.74. The minimum absolute atomic E-state index is 0.0255. The number of amides is 1. The molecule has 0 saturated heterocycles. The van der Waals surface area contributed by atoms with E-state index in [1.54, 1.807) is 6.07 Å². The molecule has 1 unspecified atom stereocenters. The van der Waals surface area contributed by atoms with Crippen LogP contribution in [0, 0.1) is 0 Å². The van der Waals surface area contributed by atoms with Crippen molar-refractivity contribution in [1.82, 2.24) is 10.6 Å². The Morgan fingerprint density at radius 1 is 1.35 bits per heavy atom. The first kappa shape index (κ1) is 13.5. The van der Waals surface area contributed by atoms with E-state index in [2.05, 4.69) is 17.6 Å². The van der Waals surface area contributed by atoms with Crippen molar-refractivity contribution in [2.75, 3.05) is 13.1 Å². The molecule has 0 heterocycles. The number of rotatable bonds is 6. The van der Waals surface area contributed by atoms with E-state index in [4.69, 9.17) is 0 Å². The molecule has 1 aromatic rings. The Hall–Kier alpha value is -1.55. The zero-order valence-corrected chi connectivity index (χ0v) is 10.4. The Labute approximate surface area is 102 Å². The zero-order chi connectivity index (χ0) is 12.7. The van der Waals surface area contributed by atoms with Crippen LogP contribution in [0.2, 0.25) is 0 Å². The molecule has 1 rings (SSSR count). The van der Waals surface area contributed by atoms with Crippen LogP contribution in [0.25, 0.3) is 0 Å². The molecule has 1 aromatic carbocycles. The maximum Gasteiger partial charge on any atom is 0.216 e. The van der Waals surface area contributed by atoms with E-state index < -0.39 is 0 Å². The Kier molecular flexibility index (Phi) is 5.49. The van der Waals surface area contributed by atoms with Crippen molar-refractivity contribution in [3.8, 4) is 5.75 Å². The van der Waals surface area contributed by atoms with Crippen LogP contribution < -0.4 is 10.6 Å². The van der Waals surface area contributed by atoms with E-state index in [0.29, 0.717) is 18.8 Å². The third-order valence-corrected chi connectivity index (χ3v) is 2.61. The number of hydrogen-bond acceptors (Lipinski definition) is 3. The van der Waals surface area contributed by atoms with Gasteiger partial charge in [-0.3, -0.25) is 4.79 Å². The Bertz CT molecular complexity index is 366. The summed E-state index contributed by atoms with van der Waals surface area (Å²) in [7, 11) is 0. The van der Waals surface area contributed by atoms with Crippen molar-refractivity contribution in [2.24, 2.45) is 0 Å². The van der Waals surface area contributed by atoms with E-state index in [1.807, 2.05) is 18.2 Å². The topological polar surface area (TPSA) is 61.4 Å². The zero-order valence-electron chi connectivity index (χ0n) is 10.4. The highest BCUT2D eigenvalue weighted by Gasteiger charge is 2.11. The summed E-state index contributed by atoms with van der Waals surface area (Å²) in [4.78, 5) is 10.7. The lowest BCUT2D eigenvalue weighted by Gasteiger charge is -2.18. The maximum atomic E-state index is 10.7.